The summed E-state index contributed by atoms with van der Waals surface area (Å²) in [7, 11) is 0. The topological polar surface area (TPSA) is 107 Å². The van der Waals surface area contributed by atoms with Crippen LogP contribution in [0.3, 0.4) is 0 Å². The zero-order valence-electron chi connectivity index (χ0n) is 22.0. The Morgan fingerprint density at radius 3 is 2.48 bits per heavy atom. The van der Waals surface area contributed by atoms with Crippen LogP contribution >= 0.6 is 11.3 Å². The Bertz CT molecular complexity index is 1300. The van der Waals surface area contributed by atoms with Crippen LogP contribution in [0.5, 0.6) is 0 Å². The second kappa shape index (κ2) is 11.0. The predicted octanol–water partition coefficient (Wildman–Crippen LogP) is 5.46. The van der Waals surface area contributed by atoms with Crippen molar-refractivity contribution >= 4 is 29.0 Å². The predicted molar refractivity (Wildman–Crippen MR) is 139 cm³/mol. The molecule has 2 aromatic rings. The van der Waals surface area contributed by atoms with E-state index in [0.29, 0.717) is 16.2 Å². The molecule has 0 aromatic carbocycles. The van der Waals surface area contributed by atoms with Crippen molar-refractivity contribution in [3.05, 3.63) is 40.8 Å². The van der Waals surface area contributed by atoms with E-state index in [1.807, 2.05) is 0 Å². The number of halogens is 5. The molecule has 2 aliphatic rings. The maximum absolute atomic E-state index is 14.3. The normalized spacial score (nSPS) is 18.2. The van der Waals surface area contributed by atoms with E-state index < -0.39 is 59.3 Å². The van der Waals surface area contributed by atoms with Crippen LogP contribution in [0.25, 0.3) is 10.4 Å². The lowest BCUT2D eigenvalue weighted by Gasteiger charge is -2.24. The van der Waals surface area contributed by atoms with E-state index >= 15 is 0 Å². The van der Waals surface area contributed by atoms with Crippen molar-refractivity contribution in [1.82, 2.24) is 20.2 Å². The van der Waals surface area contributed by atoms with Crippen LogP contribution in [0.4, 0.5) is 27.8 Å². The summed E-state index contributed by atoms with van der Waals surface area (Å²) in [5.74, 6) is -5.21. The number of aliphatic hydroxyl groups is 1. The molecule has 2 amide bonds. The quantitative estimate of drug-likeness (QED) is 0.371. The molecule has 4 rings (SSSR count). The number of nitrogens with zero attached hydrogens (tertiary/aromatic N) is 3. The number of allylic oxidation sites excluding steroid dienone is 1. The first-order valence-corrected chi connectivity index (χ1v) is 13.6. The molecule has 3 heterocycles. The number of rotatable bonds is 7. The fourth-order valence-corrected chi connectivity index (χ4v) is 5.66. The summed E-state index contributed by atoms with van der Waals surface area (Å²) in [5, 5.41) is 15.0. The van der Waals surface area contributed by atoms with Crippen LogP contribution in [-0.4, -0.2) is 62.4 Å². The highest BCUT2D eigenvalue weighted by atomic mass is 32.1. The lowest BCUT2D eigenvalue weighted by Crippen LogP contribution is -2.38. The number of alkyl halides is 5. The number of likely N-dealkylation sites (tertiary alicyclic amines) is 1. The molecule has 40 heavy (non-hydrogen) atoms. The summed E-state index contributed by atoms with van der Waals surface area (Å²) < 4.78 is 71.0. The van der Waals surface area contributed by atoms with Gasteiger partial charge in [0.1, 0.15) is 11.5 Å². The van der Waals surface area contributed by atoms with Crippen molar-refractivity contribution in [3.63, 3.8) is 0 Å². The number of hydrogen-bond acceptors (Lipinski definition) is 7. The highest BCUT2D eigenvalue weighted by Gasteiger charge is 2.45. The third-order valence-electron chi connectivity index (χ3n) is 6.60. The smallest absolute Gasteiger partial charge is 0.389 e. The van der Waals surface area contributed by atoms with Crippen LogP contribution in [0, 0.1) is 0 Å². The van der Waals surface area contributed by atoms with Crippen molar-refractivity contribution in [2.45, 2.75) is 76.1 Å². The summed E-state index contributed by atoms with van der Waals surface area (Å²) in [4.78, 5) is 34.6. The fraction of sp³-hybridized carbons (Fsp3) is 0.538. The van der Waals surface area contributed by atoms with Gasteiger partial charge in [0.25, 0.3) is 17.7 Å². The van der Waals surface area contributed by atoms with Gasteiger partial charge in [-0.3, -0.25) is 9.59 Å². The van der Waals surface area contributed by atoms with Gasteiger partial charge in [-0.05, 0) is 32.8 Å². The summed E-state index contributed by atoms with van der Waals surface area (Å²) in [5.41, 5.74) is -3.75. The molecule has 0 radical (unpaired) electrons. The lowest BCUT2D eigenvalue weighted by molar-refractivity contribution is -0.137. The SMILES string of the molecule is C=C1CC(F)(F)CN1C(=O)c1nc(C(=O)NCC(C)(C)O)sc1-c1cnc(NC2CCCCC2)cc1C(F)(F)F. The van der Waals surface area contributed by atoms with Gasteiger partial charge in [0.15, 0.2) is 5.01 Å². The average molecular weight is 588 g/mol. The Labute approximate surface area is 231 Å². The number of amides is 2. The molecule has 0 atom stereocenters. The van der Waals surface area contributed by atoms with E-state index in [9.17, 15) is 36.6 Å². The Morgan fingerprint density at radius 1 is 1.23 bits per heavy atom. The molecule has 0 bridgehead atoms. The van der Waals surface area contributed by atoms with Crippen LogP contribution < -0.4 is 10.6 Å². The van der Waals surface area contributed by atoms with Crippen LogP contribution in [-0.2, 0) is 6.18 Å². The van der Waals surface area contributed by atoms with E-state index in [1.165, 1.54) is 13.8 Å². The van der Waals surface area contributed by atoms with Gasteiger partial charge in [0.05, 0.1) is 29.0 Å². The minimum Gasteiger partial charge on any atom is -0.389 e. The Kier molecular flexibility index (Phi) is 8.23. The second-order valence-electron chi connectivity index (χ2n) is 10.8. The molecule has 8 nitrogen and oxygen atoms in total. The molecule has 1 aliphatic heterocycles. The minimum absolute atomic E-state index is 0.0103. The number of thiazole rings is 1. The zero-order valence-corrected chi connectivity index (χ0v) is 22.8. The van der Waals surface area contributed by atoms with E-state index in [4.69, 9.17) is 0 Å². The molecule has 2 aromatic heterocycles. The van der Waals surface area contributed by atoms with Gasteiger partial charge < -0.3 is 20.6 Å². The minimum atomic E-state index is -4.88. The monoisotopic (exact) mass is 587 g/mol. The number of carbonyl (C=O) groups excluding carboxylic acids is 2. The first-order chi connectivity index (χ1) is 18.5. The highest BCUT2D eigenvalue weighted by molar-refractivity contribution is 7.17. The number of pyridine rings is 1. The van der Waals surface area contributed by atoms with E-state index in [-0.39, 0.29) is 34.0 Å². The fourth-order valence-electron chi connectivity index (χ4n) is 4.66. The number of hydrogen-bond donors (Lipinski definition) is 3. The Morgan fingerprint density at radius 2 is 1.90 bits per heavy atom. The van der Waals surface area contributed by atoms with Gasteiger partial charge >= 0.3 is 6.18 Å². The van der Waals surface area contributed by atoms with Crippen molar-refractivity contribution in [2.24, 2.45) is 0 Å². The molecule has 1 saturated heterocycles. The first kappa shape index (κ1) is 29.8. The molecule has 0 unspecified atom stereocenters. The van der Waals surface area contributed by atoms with Crippen LogP contribution in [0.2, 0.25) is 0 Å². The van der Waals surface area contributed by atoms with Crippen molar-refractivity contribution in [3.8, 4) is 10.4 Å². The third-order valence-corrected chi connectivity index (χ3v) is 7.68. The molecular weight excluding hydrogens is 557 g/mol. The van der Waals surface area contributed by atoms with Crippen LogP contribution in [0.1, 0.15) is 78.2 Å². The zero-order chi connectivity index (χ0) is 29.5. The first-order valence-electron chi connectivity index (χ1n) is 12.8. The van der Waals surface area contributed by atoms with Gasteiger partial charge in [-0.15, -0.1) is 11.3 Å². The largest absolute Gasteiger partial charge is 0.417 e. The van der Waals surface area contributed by atoms with Crippen molar-refractivity contribution in [2.75, 3.05) is 18.4 Å². The second-order valence-corrected chi connectivity index (χ2v) is 11.8. The summed E-state index contributed by atoms with van der Waals surface area (Å²) in [6.07, 6.45) is -0.169. The molecular formula is C26H30F5N5O3S. The molecule has 1 aliphatic carbocycles. The van der Waals surface area contributed by atoms with Gasteiger partial charge in [-0.1, -0.05) is 25.8 Å². The van der Waals surface area contributed by atoms with Crippen LogP contribution in [0.15, 0.2) is 24.5 Å². The Balaban J connectivity index is 1.77. The van der Waals surface area contributed by atoms with E-state index in [1.54, 1.807) is 0 Å². The molecule has 3 N–H and O–H groups in total. The number of nitrogens with one attached hydrogen (secondary N) is 2. The number of anilines is 1. The molecule has 1 saturated carbocycles. The van der Waals surface area contributed by atoms with Crippen molar-refractivity contribution in [1.29, 1.82) is 0 Å². The standard InChI is InChI=1S/C26H30F5N5O3S/c1-14-10-25(27,28)13-36(14)23(38)19-20(40-22(35-19)21(37)33-12-24(2,3)39)16-11-32-18(9-17(16)26(29,30)31)34-15-7-5-4-6-8-15/h9,11,15,39H,1,4-8,10,12-13H2,2-3H3,(H,32,34)(H,33,37). The maximum Gasteiger partial charge on any atom is 0.417 e. The molecule has 0 spiro atoms. The number of carbonyl (C=O) groups is 2. The molecule has 2 fully saturated rings. The van der Waals surface area contributed by atoms with Gasteiger partial charge in [-0.25, -0.2) is 18.7 Å². The van der Waals surface area contributed by atoms with E-state index in [0.717, 1.165) is 44.4 Å². The summed E-state index contributed by atoms with van der Waals surface area (Å²) in [6.45, 7) is 5.12. The summed E-state index contributed by atoms with van der Waals surface area (Å²) in [6, 6.07) is 0.817. The Hall–Kier alpha value is -3.13. The van der Waals surface area contributed by atoms with Gasteiger partial charge in [0, 0.05) is 30.0 Å². The third kappa shape index (κ3) is 6.95. The molecule has 218 valence electrons. The number of aromatic nitrogens is 2. The average Bonchev–Trinajstić information content (AvgIpc) is 3.42. The lowest BCUT2D eigenvalue weighted by atomic mass is 9.95. The maximum atomic E-state index is 14.3. The highest BCUT2D eigenvalue weighted by Crippen LogP contribution is 2.43. The van der Waals surface area contributed by atoms with E-state index in [2.05, 4.69) is 27.2 Å². The summed E-state index contributed by atoms with van der Waals surface area (Å²) >= 11 is 0.501. The van der Waals surface area contributed by atoms with Crippen molar-refractivity contribution < 1.29 is 36.6 Å². The molecule has 14 heteroatoms. The van der Waals surface area contributed by atoms with Gasteiger partial charge in [-0.2, -0.15) is 13.2 Å². The van der Waals surface area contributed by atoms with Gasteiger partial charge in [0.2, 0.25) is 0 Å².